The summed E-state index contributed by atoms with van der Waals surface area (Å²) in [5, 5.41) is 3.14. The molecule has 1 atom stereocenters. The maximum Gasteiger partial charge on any atom is 0.242 e. The molecule has 2 aromatic heterocycles. The Bertz CT molecular complexity index is 644. The fourth-order valence-electron chi connectivity index (χ4n) is 1.45. The van der Waals surface area contributed by atoms with Gasteiger partial charge in [0.1, 0.15) is 0 Å². The third-order valence-electron chi connectivity index (χ3n) is 2.62. The Hall–Kier alpha value is -2.05. The van der Waals surface area contributed by atoms with Gasteiger partial charge in [-0.3, -0.25) is 14.8 Å². The van der Waals surface area contributed by atoms with E-state index < -0.39 is 6.04 Å². The third-order valence-corrected chi connectivity index (χ3v) is 3.00. The number of pyridine rings is 1. The summed E-state index contributed by atoms with van der Waals surface area (Å²) in [6.07, 6.45) is 4.68. The Morgan fingerprint density at radius 1 is 1.40 bits per heavy atom. The fraction of sp³-hybridized carbons (Fsp3) is 0.231. The van der Waals surface area contributed by atoms with Gasteiger partial charge in [0.15, 0.2) is 5.82 Å². The Morgan fingerprint density at radius 3 is 2.80 bits per heavy atom. The van der Waals surface area contributed by atoms with Gasteiger partial charge in [-0.05, 0) is 19.9 Å². The van der Waals surface area contributed by atoms with Crippen LogP contribution in [0.4, 0.5) is 5.82 Å². The average Bonchev–Trinajstić information content (AvgIpc) is 2.42. The zero-order chi connectivity index (χ0) is 14.7. The minimum absolute atomic E-state index is 0.323. The quantitative estimate of drug-likeness (QED) is 0.899. The summed E-state index contributed by atoms with van der Waals surface area (Å²) in [4.78, 5) is 24.0. The van der Waals surface area contributed by atoms with Gasteiger partial charge in [0.2, 0.25) is 5.91 Å². The van der Waals surface area contributed by atoms with Crippen LogP contribution < -0.4 is 11.1 Å². The molecule has 7 heteroatoms. The normalized spacial score (nSPS) is 12.0. The molecule has 0 aliphatic heterocycles. The van der Waals surface area contributed by atoms with Crippen LogP contribution in [0.25, 0.3) is 11.3 Å². The fourth-order valence-corrected chi connectivity index (χ4v) is 1.62. The smallest absolute Gasteiger partial charge is 0.242 e. The zero-order valence-corrected chi connectivity index (χ0v) is 11.8. The zero-order valence-electron chi connectivity index (χ0n) is 11.1. The molecule has 0 saturated heterocycles. The van der Waals surface area contributed by atoms with Gasteiger partial charge in [-0.1, -0.05) is 11.6 Å². The Labute approximate surface area is 121 Å². The molecule has 0 saturated carbocycles. The molecule has 1 amide bonds. The van der Waals surface area contributed by atoms with E-state index in [0.717, 1.165) is 11.3 Å². The van der Waals surface area contributed by atoms with E-state index in [0.29, 0.717) is 16.5 Å². The van der Waals surface area contributed by atoms with Gasteiger partial charge in [0.25, 0.3) is 0 Å². The van der Waals surface area contributed by atoms with E-state index in [2.05, 4.69) is 20.3 Å². The lowest BCUT2D eigenvalue weighted by molar-refractivity contribution is -0.117. The topological polar surface area (TPSA) is 93.8 Å². The first-order chi connectivity index (χ1) is 9.47. The molecule has 0 unspecified atom stereocenters. The van der Waals surface area contributed by atoms with Crippen LogP contribution in [0, 0.1) is 6.92 Å². The first-order valence-corrected chi connectivity index (χ1v) is 6.36. The monoisotopic (exact) mass is 291 g/mol. The van der Waals surface area contributed by atoms with Crippen LogP contribution in [-0.2, 0) is 4.79 Å². The highest BCUT2D eigenvalue weighted by atomic mass is 35.5. The predicted molar refractivity (Wildman–Crippen MR) is 77.3 cm³/mol. The number of nitrogens with two attached hydrogens (primary N) is 1. The molecule has 0 bridgehead atoms. The molecule has 104 valence electrons. The van der Waals surface area contributed by atoms with Crippen LogP contribution in [0.3, 0.4) is 0 Å². The Morgan fingerprint density at radius 2 is 2.15 bits per heavy atom. The molecule has 2 rings (SSSR count). The maximum absolute atomic E-state index is 11.5. The number of halogens is 1. The van der Waals surface area contributed by atoms with Crippen molar-refractivity contribution in [2.75, 3.05) is 5.32 Å². The molecule has 0 aliphatic rings. The first-order valence-electron chi connectivity index (χ1n) is 5.98. The molecule has 0 spiro atoms. The first kappa shape index (κ1) is 14.4. The van der Waals surface area contributed by atoms with Crippen LogP contribution >= 0.6 is 11.6 Å². The molecule has 6 nitrogen and oxygen atoms in total. The van der Waals surface area contributed by atoms with Crippen molar-refractivity contribution in [1.29, 1.82) is 0 Å². The van der Waals surface area contributed by atoms with Crippen molar-refractivity contribution in [3.63, 3.8) is 0 Å². The summed E-state index contributed by atoms with van der Waals surface area (Å²) in [6.45, 7) is 3.41. The highest BCUT2D eigenvalue weighted by molar-refractivity contribution is 6.31. The summed E-state index contributed by atoms with van der Waals surface area (Å²) in [7, 11) is 0. The van der Waals surface area contributed by atoms with Crippen molar-refractivity contribution < 1.29 is 4.79 Å². The number of aromatic nitrogens is 3. The van der Waals surface area contributed by atoms with E-state index in [1.165, 1.54) is 6.20 Å². The molecule has 0 aliphatic carbocycles. The largest absolute Gasteiger partial charge is 0.320 e. The number of carbonyl (C=O) groups is 1. The molecular formula is C13H14ClN5O. The second-order valence-corrected chi connectivity index (χ2v) is 4.77. The number of hydrogen-bond donors (Lipinski definition) is 2. The molecule has 2 aromatic rings. The Kier molecular flexibility index (Phi) is 4.26. The minimum atomic E-state index is -0.615. The summed E-state index contributed by atoms with van der Waals surface area (Å²) >= 11 is 6.03. The van der Waals surface area contributed by atoms with Gasteiger partial charge in [0, 0.05) is 11.8 Å². The molecular weight excluding hydrogens is 278 g/mol. The number of anilines is 1. The number of rotatable bonds is 3. The standard InChI is InChI=1S/C13H14ClN5O/c1-7(15)13(20)19-12-6-16-5-11(18-12)9-3-10(14)8(2)17-4-9/h3-7H,15H2,1-2H3,(H,18,19,20)/t7-/m0/s1. The summed E-state index contributed by atoms with van der Waals surface area (Å²) < 4.78 is 0. The van der Waals surface area contributed by atoms with Crippen molar-refractivity contribution >= 4 is 23.3 Å². The van der Waals surface area contributed by atoms with E-state index in [-0.39, 0.29) is 5.91 Å². The second kappa shape index (κ2) is 5.94. The number of aryl methyl sites for hydroxylation is 1. The Balaban J connectivity index is 2.29. The average molecular weight is 292 g/mol. The predicted octanol–water partition coefficient (Wildman–Crippen LogP) is 1.79. The van der Waals surface area contributed by atoms with E-state index in [4.69, 9.17) is 17.3 Å². The van der Waals surface area contributed by atoms with Crippen molar-refractivity contribution in [1.82, 2.24) is 15.0 Å². The number of hydrogen-bond acceptors (Lipinski definition) is 5. The van der Waals surface area contributed by atoms with Crippen molar-refractivity contribution in [3.05, 3.63) is 35.4 Å². The van der Waals surface area contributed by atoms with Crippen LogP contribution in [0.2, 0.25) is 5.02 Å². The van der Waals surface area contributed by atoms with Crippen LogP contribution in [0.5, 0.6) is 0 Å². The number of nitrogens with zero attached hydrogens (tertiary/aromatic N) is 3. The second-order valence-electron chi connectivity index (χ2n) is 4.36. The summed E-state index contributed by atoms with van der Waals surface area (Å²) in [5.41, 5.74) is 7.52. The minimum Gasteiger partial charge on any atom is -0.320 e. The maximum atomic E-state index is 11.5. The summed E-state index contributed by atoms with van der Waals surface area (Å²) in [6, 6.07) is 1.14. The van der Waals surface area contributed by atoms with Crippen LogP contribution in [0.1, 0.15) is 12.6 Å². The SMILES string of the molecule is Cc1ncc(-c2cncc(NC(=O)[C@H](C)N)n2)cc1Cl. The third kappa shape index (κ3) is 3.28. The molecule has 0 radical (unpaired) electrons. The number of carbonyl (C=O) groups excluding carboxylic acids is 1. The van der Waals surface area contributed by atoms with Crippen molar-refractivity contribution in [3.8, 4) is 11.3 Å². The van der Waals surface area contributed by atoms with Crippen LogP contribution in [-0.4, -0.2) is 26.9 Å². The van der Waals surface area contributed by atoms with Gasteiger partial charge < -0.3 is 11.1 Å². The van der Waals surface area contributed by atoms with Gasteiger partial charge in [0.05, 0.1) is 34.8 Å². The van der Waals surface area contributed by atoms with Gasteiger partial charge in [-0.25, -0.2) is 4.98 Å². The van der Waals surface area contributed by atoms with E-state index in [1.54, 1.807) is 25.4 Å². The lowest BCUT2D eigenvalue weighted by Gasteiger charge is -2.08. The van der Waals surface area contributed by atoms with Gasteiger partial charge in [-0.2, -0.15) is 0 Å². The highest BCUT2D eigenvalue weighted by Gasteiger charge is 2.10. The van der Waals surface area contributed by atoms with Gasteiger partial charge >= 0.3 is 0 Å². The molecule has 0 aromatic carbocycles. The van der Waals surface area contributed by atoms with E-state index >= 15 is 0 Å². The number of nitrogens with one attached hydrogen (secondary N) is 1. The van der Waals surface area contributed by atoms with Crippen molar-refractivity contribution in [2.24, 2.45) is 5.73 Å². The lowest BCUT2D eigenvalue weighted by Crippen LogP contribution is -2.32. The lowest BCUT2D eigenvalue weighted by atomic mass is 10.2. The molecule has 2 heterocycles. The van der Waals surface area contributed by atoms with Gasteiger partial charge in [-0.15, -0.1) is 0 Å². The van der Waals surface area contributed by atoms with E-state index in [1.807, 2.05) is 6.92 Å². The van der Waals surface area contributed by atoms with Crippen molar-refractivity contribution in [2.45, 2.75) is 19.9 Å². The molecule has 3 N–H and O–H groups in total. The van der Waals surface area contributed by atoms with E-state index in [9.17, 15) is 4.79 Å². The van der Waals surface area contributed by atoms with Crippen LogP contribution in [0.15, 0.2) is 24.7 Å². The molecule has 20 heavy (non-hydrogen) atoms. The summed E-state index contributed by atoms with van der Waals surface area (Å²) in [5.74, 6) is 0.0120. The molecule has 0 fully saturated rings. The number of amides is 1. The highest BCUT2D eigenvalue weighted by Crippen LogP contribution is 2.22.